The van der Waals surface area contributed by atoms with Gasteiger partial charge in [-0.15, -0.1) is 0 Å². The summed E-state index contributed by atoms with van der Waals surface area (Å²) in [6, 6.07) is 1.34. The SMILES string of the molecule is CCCCCCS(=O)(=O)c1cc(C)c(C(=O)N=C(N)N)cc1C(F)(F)F. The van der Waals surface area contributed by atoms with Gasteiger partial charge in [0.05, 0.1) is 16.2 Å². The van der Waals surface area contributed by atoms with E-state index in [0.717, 1.165) is 18.9 Å². The first-order chi connectivity index (χ1) is 11.9. The Bertz CT molecular complexity index is 799. The Morgan fingerprint density at radius 2 is 1.77 bits per heavy atom. The van der Waals surface area contributed by atoms with Crippen LogP contribution in [0.1, 0.15) is 54.1 Å². The van der Waals surface area contributed by atoms with Crippen LogP contribution < -0.4 is 11.5 Å². The monoisotopic (exact) mass is 393 g/mol. The number of aryl methyl sites for hydroxylation is 1. The number of carbonyl (C=O) groups is 1. The molecular formula is C16H22F3N3O3S. The van der Waals surface area contributed by atoms with Crippen molar-refractivity contribution in [1.29, 1.82) is 0 Å². The molecule has 0 aromatic heterocycles. The molecule has 0 aliphatic carbocycles. The summed E-state index contributed by atoms with van der Waals surface area (Å²) in [7, 11) is -4.16. The first-order valence-electron chi connectivity index (χ1n) is 7.98. The van der Waals surface area contributed by atoms with E-state index in [9.17, 15) is 26.4 Å². The summed E-state index contributed by atoms with van der Waals surface area (Å²) in [6.45, 7) is 3.26. The summed E-state index contributed by atoms with van der Waals surface area (Å²) < 4.78 is 65.0. The number of aliphatic imine (C=N–C) groups is 1. The van der Waals surface area contributed by atoms with E-state index >= 15 is 0 Å². The van der Waals surface area contributed by atoms with Gasteiger partial charge < -0.3 is 11.5 Å². The van der Waals surface area contributed by atoms with Crippen molar-refractivity contribution >= 4 is 21.7 Å². The number of sulfone groups is 1. The molecule has 0 spiro atoms. The molecule has 1 rings (SSSR count). The Morgan fingerprint density at radius 1 is 1.15 bits per heavy atom. The average Bonchev–Trinajstić information content (AvgIpc) is 2.49. The third-order valence-corrected chi connectivity index (χ3v) is 5.53. The highest BCUT2D eigenvalue weighted by molar-refractivity contribution is 7.91. The van der Waals surface area contributed by atoms with Gasteiger partial charge in [0.25, 0.3) is 5.91 Å². The van der Waals surface area contributed by atoms with E-state index in [1.807, 2.05) is 6.92 Å². The molecule has 0 unspecified atom stereocenters. The number of amides is 1. The van der Waals surface area contributed by atoms with Gasteiger partial charge in [-0.05, 0) is 31.0 Å². The van der Waals surface area contributed by atoms with Crippen molar-refractivity contribution in [3.8, 4) is 0 Å². The number of guanidine groups is 1. The van der Waals surface area contributed by atoms with E-state index in [4.69, 9.17) is 11.5 Å². The van der Waals surface area contributed by atoms with Crippen molar-refractivity contribution in [2.75, 3.05) is 5.75 Å². The summed E-state index contributed by atoms with van der Waals surface area (Å²) in [4.78, 5) is 14.3. The van der Waals surface area contributed by atoms with Crippen molar-refractivity contribution < 1.29 is 26.4 Å². The molecule has 4 N–H and O–H groups in total. The van der Waals surface area contributed by atoms with Gasteiger partial charge >= 0.3 is 6.18 Å². The van der Waals surface area contributed by atoms with Crippen LogP contribution in [0, 0.1) is 6.92 Å². The molecule has 146 valence electrons. The van der Waals surface area contributed by atoms with Gasteiger partial charge in [-0.25, -0.2) is 8.42 Å². The smallest absolute Gasteiger partial charge is 0.370 e. The van der Waals surface area contributed by atoms with Gasteiger partial charge in [0, 0.05) is 5.56 Å². The van der Waals surface area contributed by atoms with Crippen LogP contribution in [-0.2, 0) is 16.0 Å². The average molecular weight is 393 g/mol. The zero-order valence-corrected chi connectivity index (χ0v) is 15.4. The van der Waals surface area contributed by atoms with Crippen LogP contribution in [0.25, 0.3) is 0 Å². The van der Waals surface area contributed by atoms with Gasteiger partial charge in [0.2, 0.25) is 0 Å². The van der Waals surface area contributed by atoms with Crippen LogP contribution in [0.15, 0.2) is 22.0 Å². The van der Waals surface area contributed by atoms with Gasteiger partial charge in [-0.3, -0.25) is 4.79 Å². The number of nitrogens with two attached hydrogens (primary N) is 2. The molecule has 0 bridgehead atoms. The van der Waals surface area contributed by atoms with E-state index in [-0.39, 0.29) is 12.0 Å². The number of rotatable bonds is 7. The predicted molar refractivity (Wildman–Crippen MR) is 92.5 cm³/mol. The van der Waals surface area contributed by atoms with Gasteiger partial charge in [-0.2, -0.15) is 18.2 Å². The van der Waals surface area contributed by atoms with Crippen molar-refractivity contribution in [2.24, 2.45) is 16.5 Å². The van der Waals surface area contributed by atoms with E-state index < -0.39 is 49.7 Å². The van der Waals surface area contributed by atoms with Gasteiger partial charge in [0.15, 0.2) is 15.8 Å². The molecule has 6 nitrogen and oxygen atoms in total. The Kier molecular flexibility index (Phi) is 7.19. The molecule has 1 aromatic rings. The molecule has 0 radical (unpaired) electrons. The summed E-state index contributed by atoms with van der Waals surface area (Å²) >= 11 is 0. The van der Waals surface area contributed by atoms with Gasteiger partial charge in [-0.1, -0.05) is 26.2 Å². The molecule has 0 heterocycles. The Balaban J connectivity index is 3.43. The highest BCUT2D eigenvalue weighted by Gasteiger charge is 2.38. The predicted octanol–water partition coefficient (Wildman–Crippen LogP) is 2.78. The van der Waals surface area contributed by atoms with Crippen LogP contribution >= 0.6 is 0 Å². The topological polar surface area (TPSA) is 116 Å². The Morgan fingerprint density at radius 3 is 2.27 bits per heavy atom. The van der Waals surface area contributed by atoms with E-state index in [1.54, 1.807) is 0 Å². The Hall–Kier alpha value is -2.10. The van der Waals surface area contributed by atoms with E-state index in [0.29, 0.717) is 12.5 Å². The number of nitrogens with zero attached hydrogens (tertiary/aromatic N) is 1. The molecule has 0 aliphatic rings. The minimum absolute atomic E-state index is 0.0418. The number of alkyl halides is 3. The zero-order chi connectivity index (χ0) is 20.1. The number of carbonyl (C=O) groups excluding carboxylic acids is 1. The van der Waals surface area contributed by atoms with Crippen molar-refractivity contribution in [1.82, 2.24) is 0 Å². The van der Waals surface area contributed by atoms with Crippen molar-refractivity contribution in [2.45, 2.75) is 50.6 Å². The maximum Gasteiger partial charge on any atom is 0.417 e. The lowest BCUT2D eigenvalue weighted by atomic mass is 10.0. The molecule has 0 aliphatic heterocycles. The second-order valence-corrected chi connectivity index (χ2v) is 7.96. The highest BCUT2D eigenvalue weighted by atomic mass is 32.2. The summed E-state index contributed by atoms with van der Waals surface area (Å²) in [6.07, 6.45) is -2.41. The number of unbranched alkanes of at least 4 members (excludes halogenated alkanes) is 3. The molecule has 0 fully saturated rings. The minimum atomic E-state index is -4.95. The molecule has 0 atom stereocenters. The third kappa shape index (κ3) is 5.72. The summed E-state index contributed by atoms with van der Waals surface area (Å²) in [5.41, 5.74) is 8.38. The summed E-state index contributed by atoms with van der Waals surface area (Å²) in [5, 5.41) is 0. The van der Waals surface area contributed by atoms with Crippen LogP contribution in [0.4, 0.5) is 13.2 Å². The highest BCUT2D eigenvalue weighted by Crippen LogP contribution is 2.36. The molecule has 10 heteroatoms. The standard InChI is InChI=1S/C16H22F3N3O3S/c1-3-4-5-6-7-26(24,25)13-8-10(2)11(14(23)22-15(20)21)9-12(13)16(17,18)19/h8-9H,3-7H2,1-2H3,(H4,20,21,22,23). The summed E-state index contributed by atoms with van der Waals surface area (Å²) in [5.74, 6) is -2.06. The van der Waals surface area contributed by atoms with E-state index in [2.05, 4.69) is 4.99 Å². The maximum atomic E-state index is 13.4. The molecule has 0 saturated heterocycles. The quantitative estimate of drug-likeness (QED) is 0.420. The molecular weight excluding hydrogens is 371 g/mol. The maximum absolute atomic E-state index is 13.4. The Labute approximate surface area is 150 Å². The normalized spacial score (nSPS) is 12.0. The molecule has 1 aromatic carbocycles. The first kappa shape index (κ1) is 21.9. The van der Waals surface area contributed by atoms with Crippen LogP contribution in [0.5, 0.6) is 0 Å². The van der Waals surface area contributed by atoms with Crippen molar-refractivity contribution in [3.05, 3.63) is 28.8 Å². The number of hydrogen-bond acceptors (Lipinski definition) is 3. The zero-order valence-electron chi connectivity index (χ0n) is 14.6. The lowest BCUT2D eigenvalue weighted by Gasteiger charge is -2.16. The van der Waals surface area contributed by atoms with Gasteiger partial charge in [0.1, 0.15) is 0 Å². The second-order valence-electron chi connectivity index (χ2n) is 5.88. The fraction of sp³-hybridized carbons (Fsp3) is 0.500. The fourth-order valence-corrected chi connectivity index (χ4v) is 4.07. The molecule has 1 amide bonds. The molecule has 0 saturated carbocycles. The largest absolute Gasteiger partial charge is 0.417 e. The van der Waals surface area contributed by atoms with E-state index in [1.165, 1.54) is 6.92 Å². The molecule has 26 heavy (non-hydrogen) atoms. The lowest BCUT2D eigenvalue weighted by molar-refractivity contribution is -0.139. The number of halogens is 3. The number of benzene rings is 1. The minimum Gasteiger partial charge on any atom is -0.370 e. The second kappa shape index (κ2) is 8.52. The van der Waals surface area contributed by atoms with Crippen LogP contribution in [-0.4, -0.2) is 26.0 Å². The number of hydrogen-bond donors (Lipinski definition) is 2. The van der Waals surface area contributed by atoms with Crippen molar-refractivity contribution in [3.63, 3.8) is 0 Å². The van der Waals surface area contributed by atoms with Crippen LogP contribution in [0.2, 0.25) is 0 Å². The first-order valence-corrected chi connectivity index (χ1v) is 9.64. The lowest BCUT2D eigenvalue weighted by Crippen LogP contribution is -2.24. The third-order valence-electron chi connectivity index (χ3n) is 3.69. The fourth-order valence-electron chi connectivity index (χ4n) is 2.40. The van der Waals surface area contributed by atoms with Crippen LogP contribution in [0.3, 0.4) is 0 Å².